The van der Waals surface area contributed by atoms with Crippen molar-refractivity contribution in [2.75, 3.05) is 11.9 Å². The Balaban J connectivity index is 2.12. The molecule has 96 valence electrons. The van der Waals surface area contributed by atoms with E-state index in [2.05, 4.69) is 16.0 Å². The van der Waals surface area contributed by atoms with Gasteiger partial charge < -0.3 is 14.6 Å². The maximum absolute atomic E-state index is 6.01. The van der Waals surface area contributed by atoms with E-state index < -0.39 is 0 Å². The SMILES string of the molecule is CCOc1ccc(Cl)cc1NCc1cccn1C. The van der Waals surface area contributed by atoms with Gasteiger partial charge in [-0.1, -0.05) is 11.6 Å². The van der Waals surface area contributed by atoms with E-state index >= 15 is 0 Å². The van der Waals surface area contributed by atoms with Crippen molar-refractivity contribution < 1.29 is 4.74 Å². The fraction of sp³-hybridized carbons (Fsp3) is 0.286. The maximum atomic E-state index is 6.01. The topological polar surface area (TPSA) is 26.2 Å². The van der Waals surface area contributed by atoms with Crippen LogP contribution in [0.1, 0.15) is 12.6 Å². The van der Waals surface area contributed by atoms with Crippen LogP contribution in [0.2, 0.25) is 5.02 Å². The summed E-state index contributed by atoms with van der Waals surface area (Å²) in [6, 6.07) is 9.71. The number of aryl methyl sites for hydroxylation is 1. The molecule has 0 saturated carbocycles. The third-order valence-corrected chi connectivity index (χ3v) is 2.99. The first-order valence-corrected chi connectivity index (χ1v) is 6.35. The Labute approximate surface area is 112 Å². The van der Waals surface area contributed by atoms with Gasteiger partial charge in [0.15, 0.2) is 0 Å². The van der Waals surface area contributed by atoms with Gasteiger partial charge in [-0.2, -0.15) is 0 Å². The summed E-state index contributed by atoms with van der Waals surface area (Å²) < 4.78 is 7.65. The van der Waals surface area contributed by atoms with E-state index in [4.69, 9.17) is 16.3 Å². The molecule has 0 spiro atoms. The standard InChI is InChI=1S/C14H17ClN2O/c1-3-18-14-7-6-11(15)9-13(14)16-10-12-5-4-8-17(12)2/h4-9,16H,3,10H2,1-2H3. The third-order valence-electron chi connectivity index (χ3n) is 2.75. The van der Waals surface area contributed by atoms with Crippen molar-refractivity contribution in [3.63, 3.8) is 0 Å². The number of nitrogens with one attached hydrogen (secondary N) is 1. The molecule has 1 heterocycles. The molecule has 0 saturated heterocycles. The minimum Gasteiger partial charge on any atom is -0.492 e. The summed E-state index contributed by atoms with van der Waals surface area (Å²) in [6.07, 6.45) is 2.03. The van der Waals surface area contributed by atoms with Crippen LogP contribution < -0.4 is 10.1 Å². The second-order valence-electron chi connectivity index (χ2n) is 4.04. The summed E-state index contributed by atoms with van der Waals surface area (Å²) in [7, 11) is 2.03. The Morgan fingerprint density at radius 3 is 2.83 bits per heavy atom. The maximum Gasteiger partial charge on any atom is 0.142 e. The highest BCUT2D eigenvalue weighted by atomic mass is 35.5. The minimum atomic E-state index is 0.639. The van der Waals surface area contributed by atoms with Crippen molar-refractivity contribution in [1.82, 2.24) is 4.57 Å². The molecule has 0 aliphatic rings. The number of rotatable bonds is 5. The first kappa shape index (κ1) is 12.8. The highest BCUT2D eigenvalue weighted by molar-refractivity contribution is 6.30. The van der Waals surface area contributed by atoms with Crippen LogP contribution in [-0.4, -0.2) is 11.2 Å². The van der Waals surface area contributed by atoms with E-state index in [1.54, 1.807) is 0 Å². The Kier molecular flexibility index (Phi) is 4.15. The largest absolute Gasteiger partial charge is 0.492 e. The van der Waals surface area contributed by atoms with E-state index in [0.717, 1.165) is 18.0 Å². The quantitative estimate of drug-likeness (QED) is 0.891. The summed E-state index contributed by atoms with van der Waals surface area (Å²) in [5, 5.41) is 4.05. The van der Waals surface area contributed by atoms with Crippen LogP contribution in [0.4, 0.5) is 5.69 Å². The van der Waals surface area contributed by atoms with Crippen molar-refractivity contribution in [2.45, 2.75) is 13.5 Å². The number of ether oxygens (including phenoxy) is 1. The lowest BCUT2D eigenvalue weighted by Crippen LogP contribution is -2.05. The summed E-state index contributed by atoms with van der Waals surface area (Å²) in [5.41, 5.74) is 2.13. The molecular formula is C14H17ClN2O. The van der Waals surface area contributed by atoms with E-state index in [-0.39, 0.29) is 0 Å². The van der Waals surface area contributed by atoms with Crippen LogP contribution in [0.5, 0.6) is 5.75 Å². The first-order valence-electron chi connectivity index (χ1n) is 5.97. The molecule has 0 aliphatic heterocycles. The molecule has 4 heteroatoms. The lowest BCUT2D eigenvalue weighted by atomic mass is 10.3. The van der Waals surface area contributed by atoms with Gasteiger partial charge in [0.2, 0.25) is 0 Å². The van der Waals surface area contributed by atoms with Crippen molar-refractivity contribution in [2.24, 2.45) is 7.05 Å². The number of aromatic nitrogens is 1. The van der Waals surface area contributed by atoms with E-state index in [9.17, 15) is 0 Å². The molecule has 0 amide bonds. The molecule has 1 N–H and O–H groups in total. The normalized spacial score (nSPS) is 10.4. The van der Waals surface area contributed by atoms with Crippen molar-refractivity contribution >= 4 is 17.3 Å². The Hall–Kier alpha value is -1.61. The molecule has 1 aromatic heterocycles. The number of hydrogen-bond donors (Lipinski definition) is 1. The number of nitrogens with zero attached hydrogens (tertiary/aromatic N) is 1. The molecule has 2 aromatic rings. The highest BCUT2D eigenvalue weighted by Gasteiger charge is 2.05. The molecule has 0 unspecified atom stereocenters. The number of benzene rings is 1. The van der Waals surface area contributed by atoms with Crippen LogP contribution in [0.3, 0.4) is 0 Å². The van der Waals surface area contributed by atoms with Crippen LogP contribution in [-0.2, 0) is 13.6 Å². The van der Waals surface area contributed by atoms with Gasteiger partial charge in [0.1, 0.15) is 5.75 Å². The van der Waals surface area contributed by atoms with Crippen LogP contribution in [0.25, 0.3) is 0 Å². The monoisotopic (exact) mass is 264 g/mol. The lowest BCUT2D eigenvalue weighted by molar-refractivity contribution is 0.341. The summed E-state index contributed by atoms with van der Waals surface area (Å²) in [6.45, 7) is 3.35. The van der Waals surface area contributed by atoms with Gasteiger partial charge in [-0.25, -0.2) is 0 Å². The molecule has 0 fully saturated rings. The first-order chi connectivity index (χ1) is 8.70. The fourth-order valence-corrected chi connectivity index (χ4v) is 1.96. The number of anilines is 1. The molecule has 3 nitrogen and oxygen atoms in total. The van der Waals surface area contributed by atoms with Crippen molar-refractivity contribution in [1.29, 1.82) is 0 Å². The van der Waals surface area contributed by atoms with Crippen LogP contribution >= 0.6 is 11.6 Å². The average Bonchev–Trinajstić information content (AvgIpc) is 2.75. The molecule has 1 aromatic carbocycles. The third kappa shape index (κ3) is 2.99. The van der Waals surface area contributed by atoms with Crippen molar-refractivity contribution in [3.05, 3.63) is 47.2 Å². The molecule has 0 radical (unpaired) electrons. The number of halogens is 1. The molecule has 18 heavy (non-hydrogen) atoms. The van der Waals surface area contributed by atoms with Crippen LogP contribution in [0.15, 0.2) is 36.5 Å². The minimum absolute atomic E-state index is 0.639. The highest BCUT2D eigenvalue weighted by Crippen LogP contribution is 2.28. The second-order valence-corrected chi connectivity index (χ2v) is 4.47. The van der Waals surface area contributed by atoms with E-state index in [1.807, 2.05) is 44.4 Å². The zero-order valence-electron chi connectivity index (χ0n) is 10.6. The molecular weight excluding hydrogens is 248 g/mol. The van der Waals surface area contributed by atoms with Crippen molar-refractivity contribution in [3.8, 4) is 5.75 Å². The van der Waals surface area contributed by atoms with Gasteiger partial charge in [-0.05, 0) is 37.3 Å². The van der Waals surface area contributed by atoms with E-state index in [1.165, 1.54) is 5.69 Å². The zero-order valence-corrected chi connectivity index (χ0v) is 11.4. The van der Waals surface area contributed by atoms with Crippen LogP contribution in [0, 0.1) is 0 Å². The van der Waals surface area contributed by atoms with Gasteiger partial charge in [0, 0.05) is 24.0 Å². The Morgan fingerprint density at radius 2 is 2.17 bits per heavy atom. The number of hydrogen-bond acceptors (Lipinski definition) is 2. The molecule has 0 bridgehead atoms. The molecule has 0 atom stereocenters. The van der Waals surface area contributed by atoms with Gasteiger partial charge in [0.25, 0.3) is 0 Å². The summed E-state index contributed by atoms with van der Waals surface area (Å²) in [5.74, 6) is 0.830. The van der Waals surface area contributed by atoms with Gasteiger partial charge in [-0.15, -0.1) is 0 Å². The van der Waals surface area contributed by atoms with Gasteiger partial charge >= 0.3 is 0 Å². The summed E-state index contributed by atoms with van der Waals surface area (Å²) >= 11 is 6.01. The zero-order chi connectivity index (χ0) is 13.0. The molecule has 2 rings (SSSR count). The van der Waals surface area contributed by atoms with Gasteiger partial charge in [0.05, 0.1) is 18.8 Å². The lowest BCUT2D eigenvalue weighted by Gasteiger charge is -2.13. The predicted molar refractivity (Wildman–Crippen MR) is 75.4 cm³/mol. The Morgan fingerprint density at radius 1 is 1.33 bits per heavy atom. The Bertz CT molecular complexity index is 522. The predicted octanol–water partition coefficient (Wildman–Crippen LogP) is 3.69. The molecule has 0 aliphatic carbocycles. The average molecular weight is 265 g/mol. The fourth-order valence-electron chi connectivity index (χ4n) is 1.79. The van der Waals surface area contributed by atoms with Gasteiger partial charge in [-0.3, -0.25) is 0 Å². The van der Waals surface area contributed by atoms with E-state index in [0.29, 0.717) is 11.6 Å². The smallest absolute Gasteiger partial charge is 0.142 e. The summed E-state index contributed by atoms with van der Waals surface area (Å²) in [4.78, 5) is 0. The second kappa shape index (κ2) is 5.83.